The van der Waals surface area contributed by atoms with Crippen LogP contribution in [0.1, 0.15) is 42.1 Å². The van der Waals surface area contributed by atoms with Crippen LogP contribution in [0.25, 0.3) is 0 Å². The van der Waals surface area contributed by atoms with Crippen LogP contribution in [0.5, 0.6) is 0 Å². The number of nitrogens with zero attached hydrogens (tertiary/aromatic N) is 1. The molecule has 0 fully saturated rings. The van der Waals surface area contributed by atoms with E-state index in [2.05, 4.69) is 6.07 Å². The number of fused-ring (bicyclic) bond motifs is 1. The molecule has 4 heteroatoms. The number of nitriles is 1. The Hall–Kier alpha value is -2.15. The summed E-state index contributed by atoms with van der Waals surface area (Å²) in [4.78, 5) is 25.0. The number of ketones is 1. The van der Waals surface area contributed by atoms with Gasteiger partial charge >= 0.3 is 5.97 Å². The van der Waals surface area contributed by atoms with Gasteiger partial charge in [0.05, 0.1) is 12.7 Å². The molecular formula is C16H17NO3. The molecule has 0 N–H and O–H groups in total. The van der Waals surface area contributed by atoms with Gasteiger partial charge in [-0.1, -0.05) is 24.3 Å². The predicted molar refractivity (Wildman–Crippen MR) is 73.0 cm³/mol. The van der Waals surface area contributed by atoms with E-state index in [1.54, 1.807) is 19.1 Å². The van der Waals surface area contributed by atoms with E-state index in [4.69, 9.17) is 10.00 Å². The molecule has 0 aliphatic heterocycles. The van der Waals surface area contributed by atoms with Crippen molar-refractivity contribution in [3.63, 3.8) is 0 Å². The Bertz CT molecular complexity index is 573. The summed E-state index contributed by atoms with van der Waals surface area (Å²) in [5.74, 6) is -0.622. The highest BCUT2D eigenvalue weighted by Crippen LogP contribution is 2.41. The standard InChI is InChI=1S/C16H17NO3/c1-2-20-15(19)16(9-5-6-10-17)11-12-7-3-4-8-13(12)14(16)18/h3-4,7-8H,2,5-6,9,11H2,1H3. The Morgan fingerprint density at radius 2 is 2.20 bits per heavy atom. The molecule has 1 atom stereocenters. The molecule has 1 aliphatic carbocycles. The Morgan fingerprint density at radius 1 is 1.45 bits per heavy atom. The smallest absolute Gasteiger partial charge is 0.320 e. The van der Waals surface area contributed by atoms with Crippen LogP contribution in [-0.2, 0) is 16.0 Å². The molecule has 0 spiro atoms. The number of hydrogen-bond acceptors (Lipinski definition) is 4. The van der Waals surface area contributed by atoms with Crippen LogP contribution in [0.15, 0.2) is 24.3 Å². The number of Topliss-reactive ketones (excluding diaryl/α,β-unsaturated/α-hetero) is 1. The fraction of sp³-hybridized carbons (Fsp3) is 0.438. The Labute approximate surface area is 118 Å². The van der Waals surface area contributed by atoms with Crippen molar-refractivity contribution in [2.24, 2.45) is 5.41 Å². The van der Waals surface area contributed by atoms with Crippen molar-refractivity contribution in [1.29, 1.82) is 5.26 Å². The van der Waals surface area contributed by atoms with E-state index in [0.29, 0.717) is 31.2 Å². The van der Waals surface area contributed by atoms with Crippen LogP contribution >= 0.6 is 0 Å². The quantitative estimate of drug-likeness (QED) is 0.469. The molecule has 104 valence electrons. The number of carbonyl (C=O) groups is 2. The highest BCUT2D eigenvalue weighted by molar-refractivity contribution is 6.16. The maximum Gasteiger partial charge on any atom is 0.320 e. The van der Waals surface area contributed by atoms with Crippen LogP contribution < -0.4 is 0 Å². The van der Waals surface area contributed by atoms with Gasteiger partial charge in [-0.25, -0.2) is 0 Å². The van der Waals surface area contributed by atoms with Crippen LogP contribution in [-0.4, -0.2) is 18.4 Å². The zero-order chi connectivity index (χ0) is 14.6. The number of rotatable bonds is 5. The first-order valence-electron chi connectivity index (χ1n) is 6.82. The van der Waals surface area contributed by atoms with E-state index in [-0.39, 0.29) is 12.4 Å². The lowest BCUT2D eigenvalue weighted by molar-refractivity contribution is -0.152. The third kappa shape index (κ3) is 2.32. The lowest BCUT2D eigenvalue weighted by atomic mass is 9.79. The van der Waals surface area contributed by atoms with Gasteiger partial charge in [-0.05, 0) is 31.7 Å². The molecule has 2 rings (SSSR count). The summed E-state index contributed by atoms with van der Waals surface area (Å²) < 4.78 is 5.12. The molecule has 4 nitrogen and oxygen atoms in total. The topological polar surface area (TPSA) is 67.2 Å². The first-order chi connectivity index (χ1) is 9.65. The Balaban J connectivity index is 2.33. The highest BCUT2D eigenvalue weighted by Gasteiger charge is 2.51. The highest BCUT2D eigenvalue weighted by atomic mass is 16.5. The van der Waals surface area contributed by atoms with E-state index in [1.165, 1.54) is 0 Å². The second-order valence-electron chi connectivity index (χ2n) is 4.98. The molecule has 0 saturated carbocycles. The van der Waals surface area contributed by atoms with Crippen molar-refractivity contribution in [1.82, 2.24) is 0 Å². The van der Waals surface area contributed by atoms with Crippen LogP contribution in [0.4, 0.5) is 0 Å². The van der Waals surface area contributed by atoms with Crippen molar-refractivity contribution >= 4 is 11.8 Å². The molecule has 0 aromatic heterocycles. The zero-order valence-electron chi connectivity index (χ0n) is 11.5. The minimum absolute atomic E-state index is 0.163. The lowest BCUT2D eigenvalue weighted by Crippen LogP contribution is -2.38. The number of esters is 1. The molecule has 1 aliphatic rings. The predicted octanol–water partition coefficient (Wildman–Crippen LogP) is 2.67. The van der Waals surface area contributed by atoms with Gasteiger partial charge < -0.3 is 4.74 Å². The third-order valence-electron chi connectivity index (χ3n) is 3.75. The summed E-state index contributed by atoms with van der Waals surface area (Å²) >= 11 is 0. The van der Waals surface area contributed by atoms with E-state index in [0.717, 1.165) is 5.56 Å². The second kappa shape index (κ2) is 5.87. The van der Waals surface area contributed by atoms with Gasteiger partial charge in [-0.2, -0.15) is 5.26 Å². The monoisotopic (exact) mass is 271 g/mol. The summed E-state index contributed by atoms with van der Waals surface area (Å²) in [6, 6.07) is 9.34. The SMILES string of the molecule is CCOC(=O)C1(CCCC#N)Cc2ccccc2C1=O. The van der Waals surface area contributed by atoms with Crippen molar-refractivity contribution in [2.75, 3.05) is 6.61 Å². The molecule has 20 heavy (non-hydrogen) atoms. The zero-order valence-corrected chi connectivity index (χ0v) is 11.5. The van der Waals surface area contributed by atoms with Gasteiger partial charge in [0.15, 0.2) is 5.78 Å². The maximum atomic E-state index is 12.6. The summed E-state index contributed by atoms with van der Waals surface area (Å²) in [6.07, 6.45) is 1.61. The van der Waals surface area contributed by atoms with Crippen molar-refractivity contribution in [3.8, 4) is 6.07 Å². The molecular weight excluding hydrogens is 254 g/mol. The number of unbranched alkanes of at least 4 members (excludes halogenated alkanes) is 1. The van der Waals surface area contributed by atoms with E-state index in [1.807, 2.05) is 12.1 Å². The van der Waals surface area contributed by atoms with Gasteiger partial charge in [0.25, 0.3) is 0 Å². The summed E-state index contributed by atoms with van der Waals surface area (Å²) in [6.45, 7) is 1.98. The average Bonchev–Trinajstić information content (AvgIpc) is 2.74. The molecule has 1 unspecified atom stereocenters. The number of benzene rings is 1. The molecule has 0 heterocycles. The lowest BCUT2D eigenvalue weighted by Gasteiger charge is -2.24. The van der Waals surface area contributed by atoms with Crippen LogP contribution in [0.3, 0.4) is 0 Å². The number of carbonyl (C=O) groups excluding carboxylic acids is 2. The van der Waals surface area contributed by atoms with Gasteiger partial charge in [0, 0.05) is 12.0 Å². The maximum absolute atomic E-state index is 12.6. The first kappa shape index (κ1) is 14.3. The Kier molecular flexibility index (Phi) is 4.19. The largest absolute Gasteiger partial charge is 0.465 e. The molecule has 0 radical (unpaired) electrons. The molecule has 0 amide bonds. The third-order valence-corrected chi connectivity index (χ3v) is 3.75. The fourth-order valence-corrected chi connectivity index (χ4v) is 2.77. The van der Waals surface area contributed by atoms with Gasteiger partial charge in [-0.15, -0.1) is 0 Å². The molecule has 1 aromatic rings. The normalized spacial score (nSPS) is 20.3. The minimum Gasteiger partial charge on any atom is -0.465 e. The van der Waals surface area contributed by atoms with E-state index in [9.17, 15) is 9.59 Å². The van der Waals surface area contributed by atoms with Crippen LogP contribution in [0, 0.1) is 16.7 Å². The first-order valence-corrected chi connectivity index (χ1v) is 6.82. The van der Waals surface area contributed by atoms with E-state index < -0.39 is 11.4 Å². The van der Waals surface area contributed by atoms with Gasteiger partial charge in [0.1, 0.15) is 5.41 Å². The Morgan fingerprint density at radius 3 is 2.85 bits per heavy atom. The van der Waals surface area contributed by atoms with Gasteiger partial charge in [0.2, 0.25) is 0 Å². The molecule has 0 saturated heterocycles. The van der Waals surface area contributed by atoms with E-state index >= 15 is 0 Å². The summed E-state index contributed by atoms with van der Waals surface area (Å²) in [7, 11) is 0. The number of ether oxygens (including phenoxy) is 1. The number of hydrogen-bond donors (Lipinski definition) is 0. The molecule has 1 aromatic carbocycles. The minimum atomic E-state index is -1.13. The molecule has 0 bridgehead atoms. The van der Waals surface area contributed by atoms with Crippen LogP contribution in [0.2, 0.25) is 0 Å². The summed E-state index contributed by atoms with van der Waals surface area (Å²) in [5.41, 5.74) is 0.372. The van der Waals surface area contributed by atoms with Crippen molar-refractivity contribution in [2.45, 2.75) is 32.6 Å². The van der Waals surface area contributed by atoms with Crippen molar-refractivity contribution < 1.29 is 14.3 Å². The fourth-order valence-electron chi connectivity index (χ4n) is 2.77. The van der Waals surface area contributed by atoms with Crippen molar-refractivity contribution in [3.05, 3.63) is 35.4 Å². The van der Waals surface area contributed by atoms with Gasteiger partial charge in [-0.3, -0.25) is 9.59 Å². The second-order valence-corrected chi connectivity index (χ2v) is 4.98. The average molecular weight is 271 g/mol. The summed E-state index contributed by atoms with van der Waals surface area (Å²) in [5, 5.41) is 8.65.